The summed E-state index contributed by atoms with van der Waals surface area (Å²) in [5.74, 6) is 0.260. The molecule has 2 amide bonds. The van der Waals surface area contributed by atoms with Crippen molar-refractivity contribution in [3.8, 4) is 0 Å². The third-order valence-corrected chi connectivity index (χ3v) is 5.25. The Morgan fingerprint density at radius 1 is 1.16 bits per heavy atom. The smallest absolute Gasteiger partial charge is 0.249 e. The molecule has 1 unspecified atom stereocenters. The lowest BCUT2D eigenvalue weighted by Crippen LogP contribution is -2.72. The van der Waals surface area contributed by atoms with Gasteiger partial charge < -0.3 is 10.2 Å². The van der Waals surface area contributed by atoms with E-state index in [1.165, 1.54) is 6.42 Å². The molecule has 1 N–H and O–H groups in total. The summed E-state index contributed by atoms with van der Waals surface area (Å²) in [6, 6.07) is -0.257. The molecule has 19 heavy (non-hydrogen) atoms. The van der Waals surface area contributed by atoms with Crippen molar-refractivity contribution in [3.05, 3.63) is 0 Å². The summed E-state index contributed by atoms with van der Waals surface area (Å²) >= 11 is 0. The van der Waals surface area contributed by atoms with Gasteiger partial charge in [0.15, 0.2) is 0 Å². The van der Waals surface area contributed by atoms with Crippen molar-refractivity contribution >= 4 is 11.8 Å². The van der Waals surface area contributed by atoms with Crippen molar-refractivity contribution in [1.29, 1.82) is 0 Å². The molecule has 106 valence electrons. The number of hydrogen-bond acceptors (Lipinski definition) is 2. The molecule has 1 aliphatic heterocycles. The van der Waals surface area contributed by atoms with E-state index in [4.69, 9.17) is 0 Å². The second kappa shape index (κ2) is 4.22. The van der Waals surface area contributed by atoms with E-state index in [-0.39, 0.29) is 23.4 Å². The molecule has 3 aliphatic rings. The summed E-state index contributed by atoms with van der Waals surface area (Å²) in [5.41, 5.74) is -0.632. The number of carbonyl (C=O) groups excluding carboxylic acids is 2. The minimum Gasteiger partial charge on any atom is -0.340 e. The van der Waals surface area contributed by atoms with Gasteiger partial charge in [0.1, 0.15) is 11.6 Å². The van der Waals surface area contributed by atoms with Crippen molar-refractivity contribution in [2.24, 2.45) is 0 Å². The second-order valence-electron chi connectivity index (χ2n) is 6.73. The van der Waals surface area contributed by atoms with E-state index >= 15 is 0 Å². The maximum atomic E-state index is 13.0. The summed E-state index contributed by atoms with van der Waals surface area (Å²) in [6.45, 7) is 4.12. The molecule has 1 atom stereocenters. The topological polar surface area (TPSA) is 49.4 Å². The lowest BCUT2D eigenvalue weighted by atomic mass is 9.77. The van der Waals surface area contributed by atoms with Crippen LogP contribution in [0.2, 0.25) is 0 Å². The number of carbonyl (C=O) groups is 2. The van der Waals surface area contributed by atoms with Crippen LogP contribution in [0, 0.1) is 0 Å². The average molecular weight is 264 g/mol. The molecule has 0 aromatic carbocycles. The van der Waals surface area contributed by atoms with Crippen LogP contribution < -0.4 is 5.32 Å². The lowest BCUT2D eigenvalue weighted by molar-refractivity contribution is -0.160. The van der Waals surface area contributed by atoms with Gasteiger partial charge in [-0.2, -0.15) is 0 Å². The van der Waals surface area contributed by atoms with Crippen LogP contribution in [-0.4, -0.2) is 33.8 Å². The molecule has 3 fully saturated rings. The number of rotatable bonds is 2. The van der Waals surface area contributed by atoms with Crippen LogP contribution in [0.4, 0.5) is 0 Å². The average Bonchev–Trinajstić information content (AvgIpc) is 3.13. The normalized spacial score (nSPS) is 32.3. The van der Waals surface area contributed by atoms with Gasteiger partial charge in [0.25, 0.3) is 0 Å². The number of nitrogens with zero attached hydrogens (tertiary/aromatic N) is 1. The SMILES string of the molecule is CCC1C(=O)NC2(CCCCC2)C(=O)N1C1(C)CC1. The molecule has 0 aromatic rings. The zero-order valence-corrected chi connectivity index (χ0v) is 12.0. The molecule has 1 saturated heterocycles. The first-order chi connectivity index (χ1) is 9.02. The van der Waals surface area contributed by atoms with Crippen molar-refractivity contribution in [1.82, 2.24) is 10.2 Å². The molecule has 4 heteroatoms. The van der Waals surface area contributed by atoms with Gasteiger partial charge in [0.2, 0.25) is 11.8 Å². The molecule has 0 bridgehead atoms. The van der Waals surface area contributed by atoms with Crippen LogP contribution in [0.3, 0.4) is 0 Å². The summed E-state index contributed by atoms with van der Waals surface area (Å²) in [7, 11) is 0. The zero-order valence-electron chi connectivity index (χ0n) is 12.0. The Morgan fingerprint density at radius 3 is 2.32 bits per heavy atom. The van der Waals surface area contributed by atoms with Gasteiger partial charge in [0.05, 0.1) is 0 Å². The van der Waals surface area contributed by atoms with Crippen LogP contribution in [0.15, 0.2) is 0 Å². The lowest BCUT2D eigenvalue weighted by Gasteiger charge is -2.50. The van der Waals surface area contributed by atoms with E-state index in [1.54, 1.807) is 0 Å². The zero-order chi connectivity index (χ0) is 13.7. The standard InChI is InChI=1S/C15H24N2O2/c1-3-11-12(18)16-15(7-5-4-6-8-15)13(19)17(11)14(2)9-10-14/h11H,3-10H2,1-2H3,(H,16,18). The molecule has 0 radical (unpaired) electrons. The van der Waals surface area contributed by atoms with Gasteiger partial charge in [-0.15, -0.1) is 0 Å². The predicted octanol–water partition coefficient (Wildman–Crippen LogP) is 1.98. The second-order valence-corrected chi connectivity index (χ2v) is 6.73. The monoisotopic (exact) mass is 264 g/mol. The Bertz CT molecular complexity index is 408. The number of piperazine rings is 1. The van der Waals surface area contributed by atoms with Gasteiger partial charge >= 0.3 is 0 Å². The van der Waals surface area contributed by atoms with Gasteiger partial charge in [0, 0.05) is 5.54 Å². The van der Waals surface area contributed by atoms with E-state index in [1.807, 2.05) is 11.8 Å². The van der Waals surface area contributed by atoms with Crippen molar-refractivity contribution in [2.45, 2.75) is 82.3 Å². The Balaban J connectivity index is 1.94. The number of nitrogens with one attached hydrogen (secondary N) is 1. The first kappa shape index (κ1) is 12.9. The van der Waals surface area contributed by atoms with Crippen LogP contribution in [0.25, 0.3) is 0 Å². The van der Waals surface area contributed by atoms with E-state index in [0.29, 0.717) is 6.42 Å². The van der Waals surface area contributed by atoms with E-state index in [9.17, 15) is 9.59 Å². The minimum absolute atomic E-state index is 0.0556. The van der Waals surface area contributed by atoms with Gasteiger partial charge in [-0.25, -0.2) is 0 Å². The third-order valence-electron chi connectivity index (χ3n) is 5.25. The Hall–Kier alpha value is -1.06. The fourth-order valence-corrected chi connectivity index (χ4v) is 3.77. The van der Waals surface area contributed by atoms with Gasteiger partial charge in [-0.1, -0.05) is 26.2 Å². The number of hydrogen-bond donors (Lipinski definition) is 1. The molecule has 0 aromatic heterocycles. The van der Waals surface area contributed by atoms with Gasteiger partial charge in [-0.3, -0.25) is 9.59 Å². The highest BCUT2D eigenvalue weighted by atomic mass is 16.2. The van der Waals surface area contributed by atoms with Crippen LogP contribution in [0.1, 0.15) is 65.2 Å². The molecular formula is C15H24N2O2. The Labute approximate surface area is 114 Å². The highest BCUT2D eigenvalue weighted by molar-refractivity contribution is 6.00. The van der Waals surface area contributed by atoms with Crippen LogP contribution in [0.5, 0.6) is 0 Å². The molecule has 2 aliphatic carbocycles. The summed E-state index contributed by atoms with van der Waals surface area (Å²) in [5, 5.41) is 3.08. The highest BCUT2D eigenvalue weighted by Gasteiger charge is 2.58. The Morgan fingerprint density at radius 2 is 1.79 bits per heavy atom. The third kappa shape index (κ3) is 1.87. The molecular weight excluding hydrogens is 240 g/mol. The van der Waals surface area contributed by atoms with Crippen molar-refractivity contribution < 1.29 is 9.59 Å². The molecule has 3 rings (SSSR count). The van der Waals surface area contributed by atoms with E-state index in [0.717, 1.165) is 38.5 Å². The van der Waals surface area contributed by atoms with Crippen molar-refractivity contribution in [3.63, 3.8) is 0 Å². The summed E-state index contributed by atoms with van der Waals surface area (Å²) in [6.07, 6.45) is 7.71. The largest absolute Gasteiger partial charge is 0.340 e. The maximum Gasteiger partial charge on any atom is 0.249 e. The maximum absolute atomic E-state index is 13.0. The number of amides is 2. The highest BCUT2D eigenvalue weighted by Crippen LogP contribution is 2.46. The van der Waals surface area contributed by atoms with Gasteiger partial charge in [-0.05, 0) is 39.0 Å². The fourth-order valence-electron chi connectivity index (χ4n) is 3.77. The van der Waals surface area contributed by atoms with Crippen molar-refractivity contribution in [2.75, 3.05) is 0 Å². The fraction of sp³-hybridized carbons (Fsp3) is 0.867. The molecule has 4 nitrogen and oxygen atoms in total. The first-order valence-corrected chi connectivity index (χ1v) is 7.68. The predicted molar refractivity (Wildman–Crippen MR) is 72.5 cm³/mol. The molecule has 1 heterocycles. The van der Waals surface area contributed by atoms with E-state index in [2.05, 4.69) is 12.2 Å². The van der Waals surface area contributed by atoms with E-state index < -0.39 is 5.54 Å². The molecule has 1 spiro atoms. The minimum atomic E-state index is -0.577. The first-order valence-electron chi connectivity index (χ1n) is 7.68. The Kier molecular flexibility index (Phi) is 2.88. The summed E-state index contributed by atoms with van der Waals surface area (Å²) < 4.78 is 0. The summed E-state index contributed by atoms with van der Waals surface area (Å²) in [4.78, 5) is 27.4. The van der Waals surface area contributed by atoms with Crippen LogP contribution in [-0.2, 0) is 9.59 Å². The molecule has 2 saturated carbocycles. The van der Waals surface area contributed by atoms with Crippen LogP contribution >= 0.6 is 0 Å². The quantitative estimate of drug-likeness (QED) is 0.829.